The van der Waals surface area contributed by atoms with Crippen LogP contribution < -0.4 is 0 Å². The Kier molecular flexibility index (Phi) is 6.01. The first-order valence-corrected chi connectivity index (χ1v) is 12.3. The van der Waals surface area contributed by atoms with E-state index in [9.17, 15) is 13.2 Å². The second-order valence-electron chi connectivity index (χ2n) is 8.23. The van der Waals surface area contributed by atoms with E-state index >= 15 is 0 Å². The predicted molar refractivity (Wildman–Crippen MR) is 127 cm³/mol. The molecule has 1 saturated heterocycles. The molecule has 1 aliphatic rings. The summed E-state index contributed by atoms with van der Waals surface area (Å²) in [6.45, 7) is 5.88. The first-order valence-electron chi connectivity index (χ1n) is 10.5. The Morgan fingerprint density at radius 3 is 2.38 bits per heavy atom. The zero-order chi connectivity index (χ0) is 23.0. The van der Waals surface area contributed by atoms with E-state index in [1.54, 1.807) is 23.1 Å². The number of amides is 2. The van der Waals surface area contributed by atoms with E-state index < -0.39 is 16.1 Å². The number of rotatable bonds is 5. The molecule has 5 nitrogen and oxygen atoms in total. The molecule has 0 aromatic heterocycles. The molecule has 0 aliphatic carbocycles. The van der Waals surface area contributed by atoms with Crippen LogP contribution >= 0.6 is 11.6 Å². The van der Waals surface area contributed by atoms with Crippen LogP contribution in [0, 0.1) is 6.92 Å². The summed E-state index contributed by atoms with van der Waals surface area (Å²) in [4.78, 5) is 15.0. The van der Waals surface area contributed by atoms with Gasteiger partial charge in [0.05, 0.1) is 17.5 Å². The molecule has 1 atom stereocenters. The molecule has 0 saturated carbocycles. The van der Waals surface area contributed by atoms with Crippen LogP contribution in [0.5, 0.6) is 0 Å². The highest BCUT2D eigenvalue weighted by Crippen LogP contribution is 2.37. The number of hydrogen-bond donors (Lipinski definition) is 0. The predicted octanol–water partition coefficient (Wildman–Crippen LogP) is 5.89. The molecule has 7 heteroatoms. The van der Waals surface area contributed by atoms with Gasteiger partial charge >= 0.3 is 6.03 Å². The molecule has 2 amide bonds. The van der Waals surface area contributed by atoms with E-state index in [2.05, 4.69) is 0 Å². The molecule has 3 aromatic carbocycles. The van der Waals surface area contributed by atoms with Crippen LogP contribution in [0.4, 0.5) is 4.79 Å². The zero-order valence-corrected chi connectivity index (χ0v) is 19.8. The summed E-state index contributed by atoms with van der Waals surface area (Å²) in [5.74, 6) is 0. The molecule has 0 N–H and O–H groups in total. The van der Waals surface area contributed by atoms with E-state index in [1.807, 2.05) is 63.2 Å². The highest BCUT2D eigenvalue weighted by molar-refractivity contribution is 7.89. The van der Waals surface area contributed by atoms with E-state index in [1.165, 1.54) is 12.1 Å². The average molecular weight is 469 g/mol. The molecule has 32 heavy (non-hydrogen) atoms. The molecule has 166 valence electrons. The van der Waals surface area contributed by atoms with Gasteiger partial charge in [-0.3, -0.25) is 0 Å². The number of halogens is 1. The molecule has 4 rings (SSSR count). The van der Waals surface area contributed by atoms with Crippen LogP contribution in [0.15, 0.2) is 77.7 Å². The van der Waals surface area contributed by atoms with E-state index in [4.69, 9.17) is 11.6 Å². The number of carbonyl (C=O) groups excluding carboxylic acids is 1. The Bertz CT molecular complexity index is 1260. The molecular formula is C25H25ClN2O3S. The highest BCUT2D eigenvalue weighted by atomic mass is 35.5. The second-order valence-corrected chi connectivity index (χ2v) is 10.5. The van der Waals surface area contributed by atoms with Gasteiger partial charge in [-0.05, 0) is 73.4 Å². The van der Waals surface area contributed by atoms with Crippen molar-refractivity contribution in [2.45, 2.75) is 37.8 Å². The lowest BCUT2D eigenvalue weighted by Crippen LogP contribution is -2.39. The Morgan fingerprint density at radius 1 is 0.969 bits per heavy atom. The van der Waals surface area contributed by atoms with E-state index in [-0.39, 0.29) is 23.5 Å². The number of nitrogens with zero attached hydrogens (tertiary/aromatic N) is 2. The van der Waals surface area contributed by atoms with Gasteiger partial charge in [0.15, 0.2) is 0 Å². The van der Waals surface area contributed by atoms with Crippen molar-refractivity contribution in [1.29, 1.82) is 0 Å². The SMILES string of the molecule is Cc1ccc(Cl)cc1-c1cccc(C2CN(S(=O)(=O)c3ccccc3)C(=O)N2C(C)C)c1. The van der Waals surface area contributed by atoms with Gasteiger partial charge in [0.2, 0.25) is 0 Å². The average Bonchev–Trinajstić information content (AvgIpc) is 3.14. The molecule has 0 radical (unpaired) electrons. The topological polar surface area (TPSA) is 57.7 Å². The molecule has 0 bridgehead atoms. The Balaban J connectivity index is 1.75. The highest BCUT2D eigenvalue weighted by Gasteiger charge is 2.45. The van der Waals surface area contributed by atoms with Gasteiger partial charge in [0.1, 0.15) is 0 Å². The lowest BCUT2D eigenvalue weighted by atomic mass is 9.96. The third kappa shape index (κ3) is 4.00. The van der Waals surface area contributed by atoms with Crippen molar-refractivity contribution in [3.63, 3.8) is 0 Å². The van der Waals surface area contributed by atoms with Gasteiger partial charge in [0.25, 0.3) is 10.0 Å². The van der Waals surface area contributed by atoms with Crippen molar-refractivity contribution < 1.29 is 13.2 Å². The molecule has 1 heterocycles. The van der Waals surface area contributed by atoms with Crippen LogP contribution in [0.25, 0.3) is 11.1 Å². The fourth-order valence-electron chi connectivity index (χ4n) is 4.17. The molecule has 0 spiro atoms. The zero-order valence-electron chi connectivity index (χ0n) is 18.2. The van der Waals surface area contributed by atoms with Gasteiger partial charge < -0.3 is 4.90 Å². The standard InChI is InChI=1S/C25H25ClN2O3S/c1-17(2)28-24(16-27(25(28)29)32(30,31)22-10-5-4-6-11-22)20-9-7-8-19(14-20)23-15-21(26)13-12-18(23)3/h4-15,17,24H,16H2,1-3H3. The summed E-state index contributed by atoms with van der Waals surface area (Å²) in [5.41, 5.74) is 3.95. The van der Waals surface area contributed by atoms with Crippen molar-refractivity contribution >= 4 is 27.7 Å². The van der Waals surface area contributed by atoms with Gasteiger partial charge in [-0.25, -0.2) is 17.5 Å². The number of benzene rings is 3. The Labute approximate surface area is 194 Å². The monoisotopic (exact) mass is 468 g/mol. The van der Waals surface area contributed by atoms with Crippen molar-refractivity contribution in [3.8, 4) is 11.1 Å². The third-order valence-electron chi connectivity index (χ3n) is 5.78. The van der Waals surface area contributed by atoms with Crippen molar-refractivity contribution in [3.05, 3.63) is 88.9 Å². The minimum absolute atomic E-state index is 0.0617. The minimum atomic E-state index is -3.95. The summed E-state index contributed by atoms with van der Waals surface area (Å²) >= 11 is 6.22. The van der Waals surface area contributed by atoms with Gasteiger partial charge in [-0.2, -0.15) is 0 Å². The lowest BCUT2D eigenvalue weighted by Gasteiger charge is -2.27. The summed E-state index contributed by atoms with van der Waals surface area (Å²) in [6.07, 6.45) is 0. The van der Waals surface area contributed by atoms with Crippen LogP contribution in [0.1, 0.15) is 31.0 Å². The van der Waals surface area contributed by atoms with Gasteiger partial charge in [-0.15, -0.1) is 0 Å². The normalized spacial score (nSPS) is 16.8. The summed E-state index contributed by atoms with van der Waals surface area (Å²) < 4.78 is 27.4. The summed E-state index contributed by atoms with van der Waals surface area (Å²) in [5, 5.41) is 0.649. The van der Waals surface area contributed by atoms with Crippen LogP contribution in [0.2, 0.25) is 5.02 Å². The van der Waals surface area contributed by atoms with Crippen molar-refractivity contribution in [1.82, 2.24) is 9.21 Å². The number of carbonyl (C=O) groups is 1. The fourth-order valence-corrected chi connectivity index (χ4v) is 5.74. The van der Waals surface area contributed by atoms with Crippen LogP contribution in [-0.2, 0) is 10.0 Å². The number of hydrogen-bond acceptors (Lipinski definition) is 3. The summed E-state index contributed by atoms with van der Waals surface area (Å²) in [7, 11) is -3.95. The van der Waals surface area contributed by atoms with Gasteiger partial charge in [-0.1, -0.05) is 54.1 Å². The largest absolute Gasteiger partial charge is 0.334 e. The molecule has 1 fully saturated rings. The third-order valence-corrected chi connectivity index (χ3v) is 7.77. The van der Waals surface area contributed by atoms with Crippen molar-refractivity contribution in [2.24, 2.45) is 0 Å². The maximum Gasteiger partial charge on any atom is 0.334 e. The first-order chi connectivity index (χ1) is 15.2. The van der Waals surface area contributed by atoms with E-state index in [0.717, 1.165) is 26.6 Å². The molecule has 1 unspecified atom stereocenters. The number of sulfonamides is 1. The van der Waals surface area contributed by atoms with E-state index in [0.29, 0.717) is 5.02 Å². The molecule has 3 aromatic rings. The first kappa shape index (κ1) is 22.4. The molecule has 1 aliphatic heterocycles. The number of urea groups is 1. The maximum atomic E-state index is 13.3. The Morgan fingerprint density at radius 2 is 1.69 bits per heavy atom. The Hall–Kier alpha value is -2.83. The quantitative estimate of drug-likeness (QED) is 0.469. The fraction of sp³-hybridized carbons (Fsp3) is 0.240. The lowest BCUT2D eigenvalue weighted by molar-refractivity contribution is 0.181. The minimum Gasteiger partial charge on any atom is -0.312 e. The number of aryl methyl sites for hydroxylation is 1. The second kappa shape index (κ2) is 8.60. The van der Waals surface area contributed by atoms with Gasteiger partial charge in [0, 0.05) is 11.1 Å². The maximum absolute atomic E-state index is 13.3. The summed E-state index contributed by atoms with van der Waals surface area (Å²) in [6, 6.07) is 20.7. The van der Waals surface area contributed by atoms with Crippen LogP contribution in [-0.4, -0.2) is 36.2 Å². The molecular weight excluding hydrogens is 444 g/mol. The smallest absolute Gasteiger partial charge is 0.312 e. The van der Waals surface area contributed by atoms with Crippen molar-refractivity contribution in [2.75, 3.05) is 6.54 Å². The van der Waals surface area contributed by atoms with Crippen LogP contribution in [0.3, 0.4) is 0 Å².